The van der Waals surface area contributed by atoms with Crippen LogP contribution in [0.5, 0.6) is 5.75 Å². The van der Waals surface area contributed by atoms with Crippen molar-refractivity contribution in [2.24, 2.45) is 0 Å². The molecule has 0 unspecified atom stereocenters. The molecule has 1 radical (unpaired) electrons. The van der Waals surface area contributed by atoms with E-state index in [0.29, 0.717) is 43.0 Å². The van der Waals surface area contributed by atoms with Crippen molar-refractivity contribution in [3.05, 3.63) is 24.3 Å². The fraction of sp³-hybridized carbons (Fsp3) is 0.333. The van der Waals surface area contributed by atoms with Gasteiger partial charge in [-0.2, -0.15) is 0 Å². The summed E-state index contributed by atoms with van der Waals surface area (Å²) in [7, 11) is 0. The standard InChI is InChI=1S/C12H12FN4O2/c13-8-5-9-11(16-7-15-9)10(6-8)19-4-3-17-2-1-14-12(17)18/h5-6H,1-4H2,(H,14,18)(H,15,16). The fourth-order valence-electron chi connectivity index (χ4n) is 2.03. The van der Waals surface area contributed by atoms with Gasteiger partial charge in [-0.3, -0.25) is 0 Å². The molecule has 1 aliphatic rings. The van der Waals surface area contributed by atoms with E-state index in [1.807, 2.05) is 0 Å². The van der Waals surface area contributed by atoms with Gasteiger partial charge in [0.1, 0.15) is 23.7 Å². The van der Waals surface area contributed by atoms with E-state index in [1.54, 1.807) is 4.90 Å². The number of aromatic nitrogens is 2. The zero-order valence-electron chi connectivity index (χ0n) is 10.1. The van der Waals surface area contributed by atoms with Crippen LogP contribution in [0, 0.1) is 12.1 Å². The second-order valence-electron chi connectivity index (χ2n) is 4.22. The first-order chi connectivity index (χ1) is 9.24. The maximum Gasteiger partial charge on any atom is 0.317 e. The number of carbonyl (C=O) groups excluding carboxylic acids is 1. The Morgan fingerprint density at radius 3 is 3.21 bits per heavy atom. The summed E-state index contributed by atoms with van der Waals surface area (Å²) in [5, 5.41) is 2.70. The molecule has 1 aromatic carbocycles. The molecule has 0 saturated carbocycles. The number of imidazole rings is 1. The van der Waals surface area contributed by atoms with E-state index >= 15 is 0 Å². The third-order valence-corrected chi connectivity index (χ3v) is 2.96. The van der Waals surface area contributed by atoms with Gasteiger partial charge in [-0.05, 0) is 6.07 Å². The maximum atomic E-state index is 13.3. The van der Waals surface area contributed by atoms with Crippen molar-refractivity contribution in [2.75, 3.05) is 26.2 Å². The molecular weight excluding hydrogens is 251 g/mol. The van der Waals surface area contributed by atoms with Crippen LogP contribution < -0.4 is 10.1 Å². The van der Waals surface area contributed by atoms with E-state index in [4.69, 9.17) is 4.74 Å². The van der Waals surface area contributed by atoms with Crippen LogP contribution in [-0.4, -0.2) is 47.1 Å². The average molecular weight is 263 g/mol. The summed E-state index contributed by atoms with van der Waals surface area (Å²) in [6.45, 7) is 2.06. The molecule has 0 bridgehead atoms. The Morgan fingerprint density at radius 2 is 2.42 bits per heavy atom. The van der Waals surface area contributed by atoms with Crippen molar-refractivity contribution >= 4 is 17.1 Å². The fourth-order valence-corrected chi connectivity index (χ4v) is 2.03. The zero-order valence-corrected chi connectivity index (χ0v) is 10.1. The average Bonchev–Trinajstić information content (AvgIpc) is 2.98. The summed E-state index contributed by atoms with van der Waals surface area (Å²) in [5.74, 6) is -0.0498. The van der Waals surface area contributed by atoms with Crippen molar-refractivity contribution in [2.45, 2.75) is 0 Å². The molecule has 3 rings (SSSR count). The lowest BCUT2D eigenvalue weighted by Crippen LogP contribution is -2.31. The summed E-state index contributed by atoms with van der Waals surface area (Å²) in [6.07, 6.45) is 2.55. The van der Waals surface area contributed by atoms with E-state index in [2.05, 4.69) is 21.6 Å². The van der Waals surface area contributed by atoms with Gasteiger partial charge in [0, 0.05) is 19.2 Å². The van der Waals surface area contributed by atoms with Gasteiger partial charge in [0.15, 0.2) is 6.33 Å². The first-order valence-corrected chi connectivity index (χ1v) is 5.95. The Morgan fingerprint density at radius 1 is 1.53 bits per heavy atom. The molecule has 6 nitrogen and oxygen atoms in total. The molecule has 2 amide bonds. The van der Waals surface area contributed by atoms with Gasteiger partial charge < -0.3 is 19.9 Å². The summed E-state index contributed by atoms with van der Waals surface area (Å²) in [4.78, 5) is 19.6. The minimum absolute atomic E-state index is 0.0962. The topological polar surface area (TPSA) is 70.2 Å². The van der Waals surface area contributed by atoms with Crippen molar-refractivity contribution < 1.29 is 13.9 Å². The molecule has 2 aromatic rings. The van der Waals surface area contributed by atoms with Crippen LogP contribution in [0.2, 0.25) is 0 Å². The highest BCUT2D eigenvalue weighted by atomic mass is 19.1. The van der Waals surface area contributed by atoms with E-state index in [9.17, 15) is 9.18 Å². The third-order valence-electron chi connectivity index (χ3n) is 2.96. The van der Waals surface area contributed by atoms with Crippen LogP contribution in [0.15, 0.2) is 12.1 Å². The molecule has 0 spiro atoms. The summed E-state index contributed by atoms with van der Waals surface area (Å²) in [5.41, 5.74) is 1.07. The number of H-pyrrole nitrogens is 1. The van der Waals surface area contributed by atoms with Crippen molar-refractivity contribution in [1.82, 2.24) is 20.2 Å². The number of hydrogen-bond donors (Lipinski definition) is 2. The quantitative estimate of drug-likeness (QED) is 0.861. The van der Waals surface area contributed by atoms with Crippen LogP contribution in [0.25, 0.3) is 11.0 Å². The van der Waals surface area contributed by atoms with Crippen LogP contribution in [0.3, 0.4) is 0 Å². The number of halogens is 1. The van der Waals surface area contributed by atoms with Gasteiger partial charge in [-0.25, -0.2) is 14.2 Å². The second kappa shape index (κ2) is 4.75. The molecule has 1 aromatic heterocycles. The summed E-state index contributed by atoms with van der Waals surface area (Å²) in [6, 6.07) is 2.52. The molecule has 1 aliphatic heterocycles. The van der Waals surface area contributed by atoms with Crippen LogP contribution in [-0.2, 0) is 0 Å². The Bertz CT molecular complexity index is 613. The van der Waals surface area contributed by atoms with Crippen molar-refractivity contribution in [3.63, 3.8) is 0 Å². The SMILES string of the molecule is O=C1NCCN1CCOc1cc(F)cc2[nH][c]nc12. The molecule has 19 heavy (non-hydrogen) atoms. The molecule has 0 atom stereocenters. The predicted octanol–water partition coefficient (Wildman–Crippen LogP) is 0.906. The first kappa shape index (κ1) is 11.8. The number of benzene rings is 1. The van der Waals surface area contributed by atoms with Gasteiger partial charge in [-0.1, -0.05) is 0 Å². The molecule has 1 fully saturated rings. The molecule has 0 aliphatic carbocycles. The van der Waals surface area contributed by atoms with Gasteiger partial charge in [0.2, 0.25) is 0 Å². The van der Waals surface area contributed by atoms with E-state index in [0.717, 1.165) is 0 Å². The molecule has 99 valence electrons. The number of nitrogens with one attached hydrogen (secondary N) is 2. The summed E-state index contributed by atoms with van der Waals surface area (Å²) >= 11 is 0. The zero-order chi connectivity index (χ0) is 13.2. The Labute approximate surface area is 108 Å². The Balaban J connectivity index is 1.68. The largest absolute Gasteiger partial charge is 0.489 e. The number of amides is 2. The highest BCUT2D eigenvalue weighted by Gasteiger charge is 2.19. The predicted molar refractivity (Wildman–Crippen MR) is 65.4 cm³/mol. The first-order valence-electron chi connectivity index (χ1n) is 5.95. The second-order valence-corrected chi connectivity index (χ2v) is 4.22. The van der Waals surface area contributed by atoms with E-state index < -0.39 is 5.82 Å². The summed E-state index contributed by atoms with van der Waals surface area (Å²) < 4.78 is 18.9. The molecule has 7 heteroatoms. The van der Waals surface area contributed by atoms with Gasteiger partial charge in [0.05, 0.1) is 12.1 Å². The highest BCUT2D eigenvalue weighted by Crippen LogP contribution is 2.24. The normalized spacial score (nSPS) is 15.0. The number of nitrogens with zero attached hydrogens (tertiary/aromatic N) is 2. The van der Waals surface area contributed by atoms with Gasteiger partial charge >= 0.3 is 6.03 Å². The maximum absolute atomic E-state index is 13.3. The van der Waals surface area contributed by atoms with Crippen molar-refractivity contribution in [1.29, 1.82) is 0 Å². The lowest BCUT2D eigenvalue weighted by molar-refractivity contribution is 0.203. The smallest absolute Gasteiger partial charge is 0.317 e. The lowest BCUT2D eigenvalue weighted by atomic mass is 10.3. The minimum Gasteiger partial charge on any atom is -0.489 e. The molecule has 2 heterocycles. The molecule has 1 saturated heterocycles. The van der Waals surface area contributed by atoms with Gasteiger partial charge in [-0.15, -0.1) is 0 Å². The van der Waals surface area contributed by atoms with Crippen molar-refractivity contribution in [3.8, 4) is 5.75 Å². The minimum atomic E-state index is -0.404. The number of hydrogen-bond acceptors (Lipinski definition) is 3. The highest BCUT2D eigenvalue weighted by molar-refractivity contribution is 5.81. The number of aromatic amines is 1. The lowest BCUT2D eigenvalue weighted by Gasteiger charge is -2.14. The van der Waals surface area contributed by atoms with Gasteiger partial charge in [0.25, 0.3) is 0 Å². The van der Waals surface area contributed by atoms with Crippen LogP contribution >= 0.6 is 0 Å². The van der Waals surface area contributed by atoms with E-state index in [1.165, 1.54) is 12.1 Å². The monoisotopic (exact) mass is 263 g/mol. The van der Waals surface area contributed by atoms with E-state index in [-0.39, 0.29) is 6.03 Å². The number of rotatable bonds is 4. The number of ether oxygens (including phenoxy) is 1. The molecular formula is C12H12FN4O2. The third kappa shape index (κ3) is 2.31. The van der Waals surface area contributed by atoms with Crippen LogP contribution in [0.1, 0.15) is 0 Å². The Hall–Kier alpha value is -2.31. The number of urea groups is 1. The van der Waals surface area contributed by atoms with Crippen LogP contribution in [0.4, 0.5) is 9.18 Å². The number of fused-ring (bicyclic) bond motifs is 1. The Kier molecular flexibility index (Phi) is 2.94. The number of carbonyl (C=O) groups is 1. The molecule has 2 N–H and O–H groups in total.